The van der Waals surface area contributed by atoms with E-state index < -0.39 is 18.0 Å². The summed E-state index contributed by atoms with van der Waals surface area (Å²) in [6.07, 6.45) is 0.729. The van der Waals surface area contributed by atoms with Crippen LogP contribution >= 0.6 is 0 Å². The van der Waals surface area contributed by atoms with E-state index in [2.05, 4.69) is 6.58 Å². The summed E-state index contributed by atoms with van der Waals surface area (Å²) < 4.78 is 0. The lowest BCUT2D eigenvalue weighted by atomic mass is 10.0. The maximum Gasteiger partial charge on any atom is 0.309 e. The van der Waals surface area contributed by atoms with E-state index in [4.69, 9.17) is 10.2 Å². The molecular weight excluding hydrogens is 132 g/mol. The minimum absolute atomic E-state index is 0.419. The van der Waals surface area contributed by atoms with Gasteiger partial charge in [-0.2, -0.15) is 0 Å². The van der Waals surface area contributed by atoms with Crippen LogP contribution in [0.2, 0.25) is 0 Å². The molecule has 0 aliphatic heterocycles. The molecule has 0 heterocycles. The molecule has 0 aliphatic rings. The van der Waals surface area contributed by atoms with E-state index >= 15 is 0 Å². The highest BCUT2D eigenvalue weighted by atomic mass is 16.4. The quantitative estimate of drug-likeness (QED) is 0.569. The van der Waals surface area contributed by atoms with Crippen LogP contribution in [0.1, 0.15) is 13.3 Å². The van der Waals surface area contributed by atoms with Crippen molar-refractivity contribution < 1.29 is 15.0 Å². The van der Waals surface area contributed by atoms with Gasteiger partial charge in [0.15, 0.2) is 0 Å². The summed E-state index contributed by atoms with van der Waals surface area (Å²) in [6.45, 7) is 5.01. The largest absolute Gasteiger partial charge is 0.481 e. The molecule has 0 radical (unpaired) electrons. The van der Waals surface area contributed by atoms with Crippen LogP contribution in [0.15, 0.2) is 12.7 Å². The fourth-order valence-corrected chi connectivity index (χ4v) is 0.726. The number of aliphatic hydroxyl groups is 1. The first-order chi connectivity index (χ1) is 4.63. The molecule has 0 saturated heterocycles. The highest BCUT2D eigenvalue weighted by Gasteiger charge is 2.21. The third-order valence-electron chi connectivity index (χ3n) is 1.41. The Morgan fingerprint density at radius 2 is 2.30 bits per heavy atom. The summed E-state index contributed by atoms with van der Waals surface area (Å²) in [5.41, 5.74) is 0. The summed E-state index contributed by atoms with van der Waals surface area (Å²) in [5.74, 6) is -1.69. The average molecular weight is 144 g/mol. The number of hydrogen-bond donors (Lipinski definition) is 2. The molecular formula is C7H12O3. The molecule has 0 rings (SSSR count). The van der Waals surface area contributed by atoms with Crippen molar-refractivity contribution in [3.8, 4) is 0 Å². The average Bonchev–Trinajstić information content (AvgIpc) is 1.88. The fourth-order valence-electron chi connectivity index (χ4n) is 0.726. The molecule has 0 aromatic rings. The molecule has 0 aromatic carbocycles. The predicted octanol–water partition coefficient (Wildman–Crippen LogP) is 0.644. The summed E-state index contributed by atoms with van der Waals surface area (Å²) >= 11 is 0. The van der Waals surface area contributed by atoms with Crippen molar-refractivity contribution in [1.29, 1.82) is 0 Å². The molecule has 58 valence electrons. The Kier molecular flexibility index (Phi) is 3.72. The normalized spacial score (nSPS) is 15.8. The van der Waals surface area contributed by atoms with Crippen molar-refractivity contribution in [2.75, 3.05) is 0 Å². The molecule has 2 N–H and O–H groups in total. The second-order valence-corrected chi connectivity index (χ2v) is 2.08. The first-order valence-electron chi connectivity index (χ1n) is 3.16. The molecule has 0 aliphatic carbocycles. The molecule has 0 amide bonds. The number of rotatable bonds is 4. The Morgan fingerprint density at radius 3 is 2.40 bits per heavy atom. The molecule has 0 fully saturated rings. The number of hydrogen-bond acceptors (Lipinski definition) is 2. The van der Waals surface area contributed by atoms with Crippen molar-refractivity contribution in [1.82, 2.24) is 0 Å². The van der Waals surface area contributed by atoms with Crippen LogP contribution in [-0.2, 0) is 4.79 Å². The van der Waals surface area contributed by atoms with Gasteiger partial charge in [0.1, 0.15) is 0 Å². The van der Waals surface area contributed by atoms with Gasteiger partial charge in [-0.15, -0.1) is 6.58 Å². The monoisotopic (exact) mass is 144 g/mol. The molecule has 3 heteroatoms. The zero-order chi connectivity index (χ0) is 8.15. The van der Waals surface area contributed by atoms with E-state index in [1.165, 1.54) is 6.08 Å². The Balaban J connectivity index is 4.05. The van der Waals surface area contributed by atoms with Gasteiger partial charge in [-0.3, -0.25) is 4.79 Å². The van der Waals surface area contributed by atoms with E-state index in [0.717, 1.165) is 0 Å². The molecule has 0 aromatic heterocycles. The molecule has 2 unspecified atom stereocenters. The first-order valence-corrected chi connectivity index (χ1v) is 3.16. The maximum atomic E-state index is 10.3. The lowest BCUT2D eigenvalue weighted by Crippen LogP contribution is -2.25. The van der Waals surface area contributed by atoms with Crippen LogP contribution in [0, 0.1) is 5.92 Å². The third kappa shape index (κ3) is 2.19. The van der Waals surface area contributed by atoms with E-state index in [-0.39, 0.29) is 0 Å². The topological polar surface area (TPSA) is 57.5 Å². The van der Waals surface area contributed by atoms with Crippen molar-refractivity contribution >= 4 is 5.97 Å². The van der Waals surface area contributed by atoms with Crippen molar-refractivity contribution in [2.24, 2.45) is 5.92 Å². The Labute approximate surface area is 60.0 Å². The van der Waals surface area contributed by atoms with Crippen molar-refractivity contribution in [3.05, 3.63) is 12.7 Å². The first kappa shape index (κ1) is 9.17. The zero-order valence-electron chi connectivity index (χ0n) is 5.95. The molecule has 2 atom stereocenters. The number of carboxylic acids is 1. The van der Waals surface area contributed by atoms with Crippen LogP contribution in [-0.4, -0.2) is 22.3 Å². The lowest BCUT2D eigenvalue weighted by Gasteiger charge is -2.12. The predicted molar refractivity (Wildman–Crippen MR) is 37.6 cm³/mol. The van der Waals surface area contributed by atoms with Crippen molar-refractivity contribution in [2.45, 2.75) is 19.4 Å². The van der Waals surface area contributed by atoms with Crippen molar-refractivity contribution in [3.63, 3.8) is 0 Å². The minimum Gasteiger partial charge on any atom is -0.481 e. The van der Waals surface area contributed by atoms with E-state index in [1.807, 2.05) is 0 Å². The van der Waals surface area contributed by atoms with Crippen LogP contribution in [0.25, 0.3) is 0 Å². The summed E-state index contributed by atoms with van der Waals surface area (Å²) in [5, 5.41) is 17.5. The van der Waals surface area contributed by atoms with Gasteiger partial charge in [0.2, 0.25) is 0 Å². The number of aliphatic carboxylic acids is 1. The second-order valence-electron chi connectivity index (χ2n) is 2.08. The molecule has 3 nitrogen and oxygen atoms in total. The van der Waals surface area contributed by atoms with Gasteiger partial charge in [-0.05, 0) is 6.42 Å². The molecule has 0 spiro atoms. The highest BCUT2D eigenvalue weighted by molar-refractivity contribution is 5.70. The number of carbonyl (C=O) groups is 1. The lowest BCUT2D eigenvalue weighted by molar-refractivity contribution is -0.144. The van der Waals surface area contributed by atoms with E-state index in [0.29, 0.717) is 6.42 Å². The van der Waals surface area contributed by atoms with Gasteiger partial charge in [0.05, 0.1) is 12.0 Å². The van der Waals surface area contributed by atoms with Crippen LogP contribution in [0.5, 0.6) is 0 Å². The molecule has 0 saturated carbocycles. The fraction of sp³-hybridized carbons (Fsp3) is 0.571. The molecule has 0 bridgehead atoms. The zero-order valence-corrected chi connectivity index (χ0v) is 5.95. The van der Waals surface area contributed by atoms with Gasteiger partial charge in [0, 0.05) is 0 Å². The Bertz CT molecular complexity index is 131. The van der Waals surface area contributed by atoms with E-state index in [9.17, 15) is 4.79 Å². The minimum atomic E-state index is -0.977. The summed E-state index contributed by atoms with van der Waals surface area (Å²) in [4.78, 5) is 10.3. The van der Waals surface area contributed by atoms with E-state index in [1.54, 1.807) is 6.92 Å². The van der Waals surface area contributed by atoms with Crippen LogP contribution < -0.4 is 0 Å². The summed E-state index contributed by atoms with van der Waals surface area (Å²) in [7, 11) is 0. The van der Waals surface area contributed by atoms with Crippen LogP contribution in [0.4, 0.5) is 0 Å². The van der Waals surface area contributed by atoms with Gasteiger partial charge in [-0.1, -0.05) is 13.0 Å². The van der Waals surface area contributed by atoms with Gasteiger partial charge in [-0.25, -0.2) is 0 Å². The number of aliphatic hydroxyl groups excluding tert-OH is 1. The van der Waals surface area contributed by atoms with Crippen LogP contribution in [0.3, 0.4) is 0 Å². The van der Waals surface area contributed by atoms with Gasteiger partial charge < -0.3 is 10.2 Å². The highest BCUT2D eigenvalue weighted by Crippen LogP contribution is 2.08. The number of carboxylic acid groups (broad SMARTS) is 1. The Morgan fingerprint density at radius 1 is 1.80 bits per heavy atom. The maximum absolute atomic E-state index is 10.3. The van der Waals surface area contributed by atoms with Gasteiger partial charge in [0.25, 0.3) is 0 Å². The Hall–Kier alpha value is -0.830. The van der Waals surface area contributed by atoms with Gasteiger partial charge >= 0.3 is 5.97 Å². The molecule has 10 heavy (non-hydrogen) atoms. The smallest absolute Gasteiger partial charge is 0.309 e. The SMILES string of the molecule is C=CC(O)C(CC)C(=O)O. The second kappa shape index (κ2) is 4.06. The summed E-state index contributed by atoms with van der Waals surface area (Å²) in [6, 6.07) is 0. The third-order valence-corrected chi connectivity index (χ3v) is 1.41. The standard InChI is InChI=1S/C7H12O3/c1-3-5(7(9)10)6(8)4-2/h4-6,8H,2-3H2,1H3,(H,9,10).